The Hall–Kier alpha value is -2.79. The van der Waals surface area contributed by atoms with Crippen LogP contribution in [0, 0.1) is 0 Å². The Morgan fingerprint density at radius 2 is 1.77 bits per heavy atom. The molecule has 0 aliphatic rings. The second-order valence-electron chi connectivity index (χ2n) is 6.35. The number of anilines is 1. The van der Waals surface area contributed by atoms with Crippen LogP contribution in [0.25, 0.3) is 11.4 Å². The number of aliphatic hydroxyl groups excluding tert-OH is 1. The van der Waals surface area contributed by atoms with E-state index >= 15 is 0 Å². The fourth-order valence-corrected chi connectivity index (χ4v) is 2.74. The molecule has 5 heteroatoms. The lowest BCUT2D eigenvalue weighted by molar-refractivity contribution is 0.158. The smallest absolute Gasteiger partial charge is 0.161 e. The summed E-state index contributed by atoms with van der Waals surface area (Å²) >= 11 is 0. The van der Waals surface area contributed by atoms with Crippen molar-refractivity contribution in [3.8, 4) is 11.4 Å². The molecule has 1 aromatic carbocycles. The molecule has 0 bridgehead atoms. The van der Waals surface area contributed by atoms with Crippen LogP contribution in [-0.2, 0) is 12.8 Å². The van der Waals surface area contributed by atoms with Crippen molar-refractivity contribution in [2.75, 3.05) is 5.32 Å². The average Bonchev–Trinajstić information content (AvgIpc) is 2.69. The molecule has 2 aromatic heterocycles. The molecular weight excluding hydrogens is 324 g/mol. The van der Waals surface area contributed by atoms with Crippen LogP contribution in [0.3, 0.4) is 0 Å². The fourth-order valence-electron chi connectivity index (χ4n) is 2.74. The first kappa shape index (κ1) is 18.0. The third-order valence-corrected chi connectivity index (χ3v) is 4.32. The van der Waals surface area contributed by atoms with Gasteiger partial charge in [-0.15, -0.1) is 0 Å². The molecule has 0 spiro atoms. The molecular formula is C21H24N4O. The van der Waals surface area contributed by atoms with E-state index in [4.69, 9.17) is 0 Å². The summed E-state index contributed by atoms with van der Waals surface area (Å²) in [4.78, 5) is 13.3. The molecule has 0 saturated carbocycles. The summed E-state index contributed by atoms with van der Waals surface area (Å²) in [5.74, 6) is 1.39. The van der Waals surface area contributed by atoms with Crippen molar-refractivity contribution in [1.29, 1.82) is 0 Å². The van der Waals surface area contributed by atoms with Crippen LogP contribution < -0.4 is 5.32 Å². The third-order valence-electron chi connectivity index (χ3n) is 4.32. The molecule has 134 valence electrons. The maximum absolute atomic E-state index is 10.5. The number of aliphatic hydroxyl groups is 1. The molecule has 2 unspecified atom stereocenters. The first-order valence-electron chi connectivity index (χ1n) is 8.92. The molecule has 0 fully saturated rings. The highest BCUT2D eigenvalue weighted by Gasteiger charge is 2.16. The summed E-state index contributed by atoms with van der Waals surface area (Å²) < 4.78 is 0. The van der Waals surface area contributed by atoms with E-state index in [1.165, 1.54) is 0 Å². The Bertz CT molecular complexity index is 824. The van der Waals surface area contributed by atoms with E-state index in [2.05, 4.69) is 27.2 Å². The lowest BCUT2D eigenvalue weighted by Crippen LogP contribution is -2.32. The van der Waals surface area contributed by atoms with Crippen molar-refractivity contribution < 1.29 is 5.11 Å². The summed E-state index contributed by atoms with van der Waals surface area (Å²) in [5.41, 5.74) is 3.00. The molecule has 5 nitrogen and oxygen atoms in total. The molecule has 26 heavy (non-hydrogen) atoms. The van der Waals surface area contributed by atoms with Crippen molar-refractivity contribution in [2.24, 2.45) is 0 Å². The van der Waals surface area contributed by atoms with Gasteiger partial charge in [-0.25, -0.2) is 9.97 Å². The maximum Gasteiger partial charge on any atom is 0.161 e. The molecule has 0 aliphatic carbocycles. The number of pyridine rings is 1. The van der Waals surface area contributed by atoms with E-state index in [1.807, 2.05) is 55.5 Å². The first-order valence-corrected chi connectivity index (χ1v) is 8.92. The zero-order valence-corrected chi connectivity index (χ0v) is 15.1. The molecule has 2 heterocycles. The van der Waals surface area contributed by atoms with E-state index in [0.29, 0.717) is 12.2 Å². The number of hydrogen-bond acceptors (Lipinski definition) is 5. The van der Waals surface area contributed by atoms with Gasteiger partial charge in [0.25, 0.3) is 0 Å². The van der Waals surface area contributed by atoms with Gasteiger partial charge in [-0.3, -0.25) is 4.98 Å². The van der Waals surface area contributed by atoms with Crippen molar-refractivity contribution in [2.45, 2.75) is 38.8 Å². The molecule has 0 saturated heterocycles. The normalized spacial score (nSPS) is 13.2. The van der Waals surface area contributed by atoms with Gasteiger partial charge in [0.15, 0.2) is 5.82 Å². The minimum absolute atomic E-state index is 0.139. The van der Waals surface area contributed by atoms with Gasteiger partial charge in [-0.2, -0.15) is 0 Å². The van der Waals surface area contributed by atoms with Crippen LogP contribution in [0.4, 0.5) is 5.82 Å². The third kappa shape index (κ3) is 4.64. The predicted octanol–water partition coefficient (Wildman–Crippen LogP) is 3.51. The highest BCUT2D eigenvalue weighted by Crippen LogP contribution is 2.19. The summed E-state index contributed by atoms with van der Waals surface area (Å²) in [6.07, 6.45) is 4.36. The molecule has 3 aromatic rings. The minimum Gasteiger partial charge on any atom is -0.391 e. The van der Waals surface area contributed by atoms with Gasteiger partial charge in [0.05, 0.1) is 12.1 Å². The molecule has 0 aliphatic heterocycles. The number of rotatable bonds is 7. The number of nitrogens with one attached hydrogen (secondary N) is 1. The SMILES string of the molecule is CCc1cc(NC(C)C(O)Cc2ccccc2)nc(-c2ccncc2)n1. The first-order chi connectivity index (χ1) is 12.7. The van der Waals surface area contributed by atoms with E-state index in [1.54, 1.807) is 12.4 Å². The lowest BCUT2D eigenvalue weighted by atomic mass is 10.0. The number of aromatic nitrogens is 3. The quantitative estimate of drug-likeness (QED) is 0.684. The van der Waals surface area contributed by atoms with Crippen molar-refractivity contribution in [3.63, 3.8) is 0 Å². The maximum atomic E-state index is 10.5. The number of benzene rings is 1. The second kappa shape index (κ2) is 8.54. The average molecular weight is 348 g/mol. The van der Waals surface area contributed by atoms with Crippen molar-refractivity contribution >= 4 is 5.82 Å². The van der Waals surface area contributed by atoms with E-state index in [-0.39, 0.29) is 6.04 Å². The largest absolute Gasteiger partial charge is 0.391 e. The summed E-state index contributed by atoms with van der Waals surface area (Å²) in [5, 5.41) is 13.9. The Morgan fingerprint density at radius 3 is 2.46 bits per heavy atom. The van der Waals surface area contributed by atoms with E-state index in [0.717, 1.165) is 29.1 Å². The second-order valence-corrected chi connectivity index (χ2v) is 6.35. The Morgan fingerprint density at radius 1 is 1.04 bits per heavy atom. The highest BCUT2D eigenvalue weighted by molar-refractivity contribution is 5.57. The lowest BCUT2D eigenvalue weighted by Gasteiger charge is -2.21. The van der Waals surface area contributed by atoms with E-state index < -0.39 is 6.10 Å². The standard InChI is InChI=1S/C21H24N4O/c1-3-18-14-20(25-21(24-18)17-9-11-22-12-10-17)23-15(2)19(26)13-16-7-5-4-6-8-16/h4-12,14-15,19,26H,3,13H2,1-2H3,(H,23,24,25). The van der Waals surface area contributed by atoms with Crippen molar-refractivity contribution in [3.05, 3.63) is 72.2 Å². The molecule has 0 amide bonds. The van der Waals surface area contributed by atoms with Gasteiger partial charge in [-0.05, 0) is 31.0 Å². The van der Waals surface area contributed by atoms with Gasteiger partial charge < -0.3 is 10.4 Å². The van der Waals surface area contributed by atoms with Crippen LogP contribution in [0.5, 0.6) is 0 Å². The van der Waals surface area contributed by atoms with Gasteiger partial charge in [0, 0.05) is 36.1 Å². The summed E-state index contributed by atoms with van der Waals surface area (Å²) in [7, 11) is 0. The molecule has 0 radical (unpaired) electrons. The van der Waals surface area contributed by atoms with Gasteiger partial charge >= 0.3 is 0 Å². The number of aryl methyl sites for hydroxylation is 1. The molecule has 2 atom stereocenters. The van der Waals surface area contributed by atoms with Crippen LogP contribution in [0.15, 0.2) is 60.9 Å². The summed E-state index contributed by atoms with van der Waals surface area (Å²) in [6.45, 7) is 4.03. The van der Waals surface area contributed by atoms with E-state index in [9.17, 15) is 5.11 Å². The zero-order valence-electron chi connectivity index (χ0n) is 15.1. The van der Waals surface area contributed by atoms with Crippen LogP contribution in [0.1, 0.15) is 25.1 Å². The van der Waals surface area contributed by atoms with Gasteiger partial charge in [0.1, 0.15) is 5.82 Å². The summed E-state index contributed by atoms with van der Waals surface area (Å²) in [6, 6.07) is 15.6. The van der Waals surface area contributed by atoms with Gasteiger partial charge in [-0.1, -0.05) is 37.3 Å². The van der Waals surface area contributed by atoms with Crippen LogP contribution in [0.2, 0.25) is 0 Å². The highest BCUT2D eigenvalue weighted by atomic mass is 16.3. The zero-order chi connectivity index (χ0) is 18.4. The predicted molar refractivity (Wildman–Crippen MR) is 104 cm³/mol. The number of hydrogen-bond donors (Lipinski definition) is 2. The van der Waals surface area contributed by atoms with Crippen molar-refractivity contribution in [1.82, 2.24) is 15.0 Å². The number of nitrogens with zero attached hydrogens (tertiary/aromatic N) is 3. The van der Waals surface area contributed by atoms with Gasteiger partial charge in [0.2, 0.25) is 0 Å². The molecule has 3 rings (SSSR count). The monoisotopic (exact) mass is 348 g/mol. The molecule has 2 N–H and O–H groups in total. The Kier molecular flexibility index (Phi) is 5.92. The van der Waals surface area contributed by atoms with Crippen LogP contribution in [-0.4, -0.2) is 32.2 Å². The fraction of sp³-hybridized carbons (Fsp3) is 0.286. The van der Waals surface area contributed by atoms with Crippen LogP contribution >= 0.6 is 0 Å². The topological polar surface area (TPSA) is 70.9 Å². The Labute approximate surface area is 154 Å². The minimum atomic E-state index is -0.512. The Balaban J connectivity index is 1.76.